The Morgan fingerprint density at radius 2 is 2.08 bits per heavy atom. The molecule has 1 aromatic carbocycles. The van der Waals surface area contributed by atoms with Gasteiger partial charge in [-0.25, -0.2) is 9.78 Å². The molecule has 1 atom stereocenters. The van der Waals surface area contributed by atoms with Crippen LogP contribution in [0.3, 0.4) is 0 Å². The summed E-state index contributed by atoms with van der Waals surface area (Å²) in [5.41, 5.74) is 2.20. The molecule has 1 amide bonds. The molecule has 1 N–H and O–H groups in total. The van der Waals surface area contributed by atoms with Crippen LogP contribution in [0.15, 0.2) is 48.7 Å². The van der Waals surface area contributed by atoms with Gasteiger partial charge in [-0.3, -0.25) is 0 Å². The van der Waals surface area contributed by atoms with Crippen LogP contribution in [0.4, 0.5) is 10.6 Å². The van der Waals surface area contributed by atoms with Crippen molar-refractivity contribution in [1.29, 1.82) is 0 Å². The normalized spacial score (nSPS) is 22.1. The highest BCUT2D eigenvalue weighted by Crippen LogP contribution is 2.35. The summed E-state index contributed by atoms with van der Waals surface area (Å²) in [6.45, 7) is 1.72. The first-order chi connectivity index (χ1) is 11.7. The summed E-state index contributed by atoms with van der Waals surface area (Å²) in [7, 11) is 0. The van der Waals surface area contributed by atoms with Gasteiger partial charge in [0.15, 0.2) is 0 Å². The molecule has 1 fully saturated rings. The molecule has 1 aromatic heterocycles. The van der Waals surface area contributed by atoms with E-state index in [2.05, 4.69) is 16.4 Å². The number of rotatable bonds is 2. The van der Waals surface area contributed by atoms with Gasteiger partial charge in [0, 0.05) is 19.3 Å². The Hall–Kier alpha value is -2.56. The van der Waals surface area contributed by atoms with E-state index in [4.69, 9.17) is 4.74 Å². The monoisotopic (exact) mass is 323 g/mol. The first-order valence-electron chi connectivity index (χ1n) is 8.42. The predicted molar refractivity (Wildman–Crippen MR) is 91.7 cm³/mol. The second kappa shape index (κ2) is 6.15. The zero-order valence-electron chi connectivity index (χ0n) is 13.6. The number of likely N-dealkylation sites (tertiary alicyclic amines) is 1. The standard InChI is InChI=1S/C19H21N3O2/c23-18(24-13-15-5-2-1-3-6-15)22-12-10-19(14-22)9-8-16-7-4-11-20-17(16)21-19/h1-7,11H,8-10,12-14H2,(H,20,21). The summed E-state index contributed by atoms with van der Waals surface area (Å²) in [6, 6.07) is 13.9. The SMILES string of the molecule is O=C(OCc1ccccc1)N1CCC2(CCc3cccnc3N2)C1. The molecule has 1 spiro atoms. The van der Waals surface area contributed by atoms with Crippen LogP contribution in [0.2, 0.25) is 0 Å². The van der Waals surface area contributed by atoms with E-state index in [0.29, 0.717) is 13.2 Å². The van der Waals surface area contributed by atoms with E-state index in [1.54, 1.807) is 0 Å². The molecule has 1 saturated heterocycles. The van der Waals surface area contributed by atoms with E-state index in [0.717, 1.165) is 37.2 Å². The Morgan fingerprint density at radius 1 is 1.21 bits per heavy atom. The van der Waals surface area contributed by atoms with E-state index in [1.807, 2.05) is 47.5 Å². The molecule has 0 saturated carbocycles. The summed E-state index contributed by atoms with van der Waals surface area (Å²) in [5.74, 6) is 0.961. The van der Waals surface area contributed by atoms with E-state index >= 15 is 0 Å². The number of hydrogen-bond acceptors (Lipinski definition) is 4. The number of aromatic nitrogens is 1. The summed E-state index contributed by atoms with van der Waals surface area (Å²) in [4.78, 5) is 18.6. The third kappa shape index (κ3) is 2.94. The highest BCUT2D eigenvalue weighted by molar-refractivity contribution is 5.68. The molecule has 0 bridgehead atoms. The Kier molecular flexibility index (Phi) is 3.84. The minimum absolute atomic E-state index is 0.0624. The number of carbonyl (C=O) groups excluding carboxylic acids is 1. The van der Waals surface area contributed by atoms with Gasteiger partial charge in [0.2, 0.25) is 0 Å². The number of fused-ring (bicyclic) bond motifs is 1. The summed E-state index contributed by atoms with van der Waals surface area (Å²) < 4.78 is 5.46. The van der Waals surface area contributed by atoms with Gasteiger partial charge in [-0.2, -0.15) is 0 Å². The van der Waals surface area contributed by atoms with Crippen molar-refractivity contribution in [2.75, 3.05) is 18.4 Å². The summed E-state index contributed by atoms with van der Waals surface area (Å²) in [6.07, 6.45) is 4.54. The number of pyridine rings is 1. The number of hydrogen-bond donors (Lipinski definition) is 1. The van der Waals surface area contributed by atoms with Gasteiger partial charge < -0.3 is 15.0 Å². The van der Waals surface area contributed by atoms with Crippen LogP contribution in [0.1, 0.15) is 24.0 Å². The fraction of sp³-hybridized carbons (Fsp3) is 0.368. The maximum absolute atomic E-state index is 12.4. The minimum atomic E-state index is -0.232. The molecule has 5 heteroatoms. The third-order valence-electron chi connectivity index (χ3n) is 4.96. The van der Waals surface area contributed by atoms with Crippen LogP contribution in [0, 0.1) is 0 Å². The fourth-order valence-corrected chi connectivity index (χ4v) is 3.59. The first kappa shape index (κ1) is 15.0. The van der Waals surface area contributed by atoms with E-state index in [-0.39, 0.29) is 11.6 Å². The number of amides is 1. The van der Waals surface area contributed by atoms with Crippen LogP contribution in [0.25, 0.3) is 0 Å². The van der Waals surface area contributed by atoms with Crippen LogP contribution in [0.5, 0.6) is 0 Å². The molecular weight excluding hydrogens is 302 g/mol. The Morgan fingerprint density at radius 3 is 2.96 bits per heavy atom. The fourth-order valence-electron chi connectivity index (χ4n) is 3.59. The average molecular weight is 323 g/mol. The van der Waals surface area contributed by atoms with Gasteiger partial charge in [-0.05, 0) is 36.5 Å². The molecule has 4 rings (SSSR count). The van der Waals surface area contributed by atoms with Crippen molar-refractivity contribution < 1.29 is 9.53 Å². The highest BCUT2D eigenvalue weighted by Gasteiger charge is 2.42. The van der Waals surface area contributed by atoms with Crippen molar-refractivity contribution in [1.82, 2.24) is 9.88 Å². The number of nitrogens with zero attached hydrogens (tertiary/aromatic N) is 2. The average Bonchev–Trinajstić information content (AvgIpc) is 3.04. The summed E-state index contributed by atoms with van der Waals surface area (Å²) in [5, 5.41) is 3.57. The van der Waals surface area contributed by atoms with E-state index in [1.165, 1.54) is 5.56 Å². The van der Waals surface area contributed by atoms with Crippen LogP contribution in [-0.4, -0.2) is 34.6 Å². The lowest BCUT2D eigenvalue weighted by atomic mass is 9.87. The second-order valence-electron chi connectivity index (χ2n) is 6.63. The van der Waals surface area contributed by atoms with Crippen molar-refractivity contribution in [2.24, 2.45) is 0 Å². The molecule has 1 unspecified atom stereocenters. The van der Waals surface area contributed by atoms with Crippen molar-refractivity contribution in [3.8, 4) is 0 Å². The lowest BCUT2D eigenvalue weighted by Crippen LogP contribution is -2.45. The molecule has 124 valence electrons. The number of nitrogens with one attached hydrogen (secondary N) is 1. The number of ether oxygens (including phenoxy) is 1. The number of benzene rings is 1. The zero-order chi connectivity index (χ0) is 16.4. The van der Waals surface area contributed by atoms with Gasteiger partial charge in [0.05, 0.1) is 5.54 Å². The van der Waals surface area contributed by atoms with E-state index < -0.39 is 0 Å². The molecule has 2 aromatic rings. The molecule has 3 heterocycles. The van der Waals surface area contributed by atoms with Crippen molar-refractivity contribution >= 4 is 11.9 Å². The topological polar surface area (TPSA) is 54.5 Å². The lowest BCUT2D eigenvalue weighted by Gasteiger charge is -2.35. The molecule has 2 aliphatic rings. The number of carbonyl (C=O) groups is 1. The van der Waals surface area contributed by atoms with Gasteiger partial charge in [-0.15, -0.1) is 0 Å². The Balaban J connectivity index is 1.37. The molecule has 0 aliphatic carbocycles. The highest BCUT2D eigenvalue weighted by atomic mass is 16.6. The molecule has 0 radical (unpaired) electrons. The van der Waals surface area contributed by atoms with Crippen LogP contribution < -0.4 is 5.32 Å². The molecule has 24 heavy (non-hydrogen) atoms. The van der Waals surface area contributed by atoms with Gasteiger partial charge in [0.1, 0.15) is 12.4 Å². The predicted octanol–water partition coefficient (Wildman–Crippen LogP) is 3.22. The number of anilines is 1. The molecular formula is C19H21N3O2. The maximum atomic E-state index is 12.4. The van der Waals surface area contributed by atoms with Crippen molar-refractivity contribution in [3.63, 3.8) is 0 Å². The van der Waals surface area contributed by atoms with Crippen LogP contribution in [-0.2, 0) is 17.8 Å². The van der Waals surface area contributed by atoms with Crippen molar-refractivity contribution in [2.45, 2.75) is 31.4 Å². The third-order valence-corrected chi connectivity index (χ3v) is 4.96. The van der Waals surface area contributed by atoms with Crippen LogP contribution >= 0.6 is 0 Å². The quantitative estimate of drug-likeness (QED) is 0.922. The Labute approximate surface area is 141 Å². The molecule has 5 nitrogen and oxygen atoms in total. The molecule has 2 aliphatic heterocycles. The first-order valence-corrected chi connectivity index (χ1v) is 8.42. The van der Waals surface area contributed by atoms with E-state index in [9.17, 15) is 4.79 Å². The minimum Gasteiger partial charge on any atom is -0.445 e. The second-order valence-corrected chi connectivity index (χ2v) is 6.63. The van der Waals surface area contributed by atoms with Gasteiger partial charge >= 0.3 is 6.09 Å². The number of aryl methyl sites for hydroxylation is 1. The largest absolute Gasteiger partial charge is 0.445 e. The smallest absolute Gasteiger partial charge is 0.410 e. The summed E-state index contributed by atoms with van der Waals surface area (Å²) >= 11 is 0. The zero-order valence-corrected chi connectivity index (χ0v) is 13.6. The van der Waals surface area contributed by atoms with Gasteiger partial charge in [-0.1, -0.05) is 36.4 Å². The maximum Gasteiger partial charge on any atom is 0.410 e. The van der Waals surface area contributed by atoms with Gasteiger partial charge in [0.25, 0.3) is 0 Å². The lowest BCUT2D eigenvalue weighted by molar-refractivity contribution is 0.102. The Bertz CT molecular complexity index is 734. The van der Waals surface area contributed by atoms with Crippen molar-refractivity contribution in [3.05, 3.63) is 59.8 Å².